The summed E-state index contributed by atoms with van der Waals surface area (Å²) in [5.74, 6) is 0. The van der Waals surface area contributed by atoms with Crippen LogP contribution < -0.4 is 4.90 Å². The molecule has 9 rings (SSSR count). The molecule has 2 heterocycles. The Hall–Kier alpha value is -4.61. The summed E-state index contributed by atoms with van der Waals surface area (Å²) >= 11 is 5.65. The topological polar surface area (TPSA) is 3.24 Å². The average molecular weight is 684 g/mol. The van der Waals surface area contributed by atoms with Crippen molar-refractivity contribution in [2.45, 2.75) is 48.6 Å². The van der Waals surface area contributed by atoms with Gasteiger partial charge in [-0.05, 0) is 88.0 Å². The van der Waals surface area contributed by atoms with Crippen LogP contribution in [0.3, 0.4) is 0 Å². The van der Waals surface area contributed by atoms with E-state index in [1.54, 1.807) is 0 Å². The van der Waals surface area contributed by atoms with Gasteiger partial charge in [0.15, 0.2) is 0 Å². The highest BCUT2D eigenvalue weighted by Gasteiger charge is 2.35. The molecule has 0 aromatic heterocycles. The third-order valence-corrected chi connectivity index (χ3v) is 13.4. The lowest BCUT2D eigenvalue weighted by Crippen LogP contribution is -2.25. The number of nitrogens with zero attached hydrogens (tertiary/aromatic N) is 1. The SMILES string of the molecule is CC1(C)c2ccccc2Sc2c(N(c3ccc(-c4ccccc4)cc3)c3ccc(-c4cccc5c4Sc4ccccc4S5)cc3)cccc21. The van der Waals surface area contributed by atoms with E-state index >= 15 is 0 Å². The van der Waals surface area contributed by atoms with Gasteiger partial charge in [-0.25, -0.2) is 0 Å². The molecular formula is C45H33NS3. The highest BCUT2D eigenvalue weighted by molar-refractivity contribution is 8.05. The Bertz CT molecular complexity index is 2330. The van der Waals surface area contributed by atoms with Crippen LogP contribution in [0.5, 0.6) is 0 Å². The Labute approximate surface area is 301 Å². The molecule has 4 heteroatoms. The number of anilines is 3. The van der Waals surface area contributed by atoms with E-state index in [2.05, 4.69) is 183 Å². The van der Waals surface area contributed by atoms with Crippen LogP contribution in [-0.4, -0.2) is 0 Å². The fourth-order valence-corrected chi connectivity index (χ4v) is 11.0. The first-order valence-corrected chi connectivity index (χ1v) is 19.0. The standard InChI is InChI=1S/C45H33NS3/c1-45(2)36-15-6-7-18-39(36)48-44-37(45)16-11-17-38(44)46(33-26-22-31(23-27-33)30-12-4-3-5-13-30)34-28-24-32(25-29-34)35-14-10-21-42-43(35)49-41-20-9-8-19-40(41)47-42/h3-29H,1-2H3. The molecule has 0 saturated heterocycles. The van der Waals surface area contributed by atoms with Crippen molar-refractivity contribution >= 4 is 52.3 Å². The lowest BCUT2D eigenvalue weighted by Gasteiger charge is -2.37. The van der Waals surface area contributed by atoms with Crippen LogP contribution in [-0.2, 0) is 5.41 Å². The van der Waals surface area contributed by atoms with E-state index in [1.807, 2.05) is 35.3 Å². The van der Waals surface area contributed by atoms with E-state index in [1.165, 1.54) is 68.4 Å². The van der Waals surface area contributed by atoms with E-state index in [0.29, 0.717) is 0 Å². The number of rotatable bonds is 5. The maximum atomic E-state index is 2.44. The molecule has 49 heavy (non-hydrogen) atoms. The van der Waals surface area contributed by atoms with Crippen molar-refractivity contribution < 1.29 is 0 Å². The van der Waals surface area contributed by atoms with Gasteiger partial charge < -0.3 is 4.90 Å². The van der Waals surface area contributed by atoms with Gasteiger partial charge in [0.1, 0.15) is 0 Å². The van der Waals surface area contributed by atoms with Gasteiger partial charge in [0.25, 0.3) is 0 Å². The van der Waals surface area contributed by atoms with E-state index in [0.717, 1.165) is 11.4 Å². The first-order chi connectivity index (χ1) is 24.0. The van der Waals surface area contributed by atoms with E-state index in [-0.39, 0.29) is 5.41 Å². The molecule has 0 radical (unpaired) electrons. The molecule has 0 spiro atoms. The lowest BCUT2D eigenvalue weighted by atomic mass is 9.77. The lowest BCUT2D eigenvalue weighted by molar-refractivity contribution is 0.607. The Morgan fingerprint density at radius 3 is 1.65 bits per heavy atom. The number of hydrogen-bond acceptors (Lipinski definition) is 4. The number of benzene rings is 7. The summed E-state index contributed by atoms with van der Waals surface area (Å²) in [5, 5.41) is 0. The summed E-state index contributed by atoms with van der Waals surface area (Å²) in [6.45, 7) is 4.72. The molecule has 0 N–H and O–H groups in total. The normalized spacial score (nSPS) is 13.8. The van der Waals surface area contributed by atoms with Crippen molar-refractivity contribution in [3.05, 3.63) is 175 Å². The zero-order valence-corrected chi connectivity index (χ0v) is 29.7. The molecule has 0 fully saturated rings. The molecule has 7 aromatic carbocycles. The minimum atomic E-state index is -0.111. The highest BCUT2D eigenvalue weighted by Crippen LogP contribution is 2.55. The largest absolute Gasteiger partial charge is 0.309 e. The van der Waals surface area contributed by atoms with Crippen molar-refractivity contribution in [3.8, 4) is 22.3 Å². The molecule has 2 aliphatic rings. The fourth-order valence-electron chi connectivity index (χ4n) is 7.05. The number of hydrogen-bond donors (Lipinski definition) is 0. The summed E-state index contributed by atoms with van der Waals surface area (Å²) in [6.07, 6.45) is 0. The fraction of sp³-hybridized carbons (Fsp3) is 0.0667. The Balaban J connectivity index is 1.15. The molecule has 0 amide bonds. The Kier molecular flexibility index (Phi) is 7.69. The van der Waals surface area contributed by atoms with E-state index < -0.39 is 0 Å². The quantitative estimate of drug-likeness (QED) is 0.178. The molecule has 1 nitrogen and oxygen atoms in total. The molecule has 0 unspecified atom stereocenters. The summed E-state index contributed by atoms with van der Waals surface area (Å²) in [5.41, 5.74) is 11.1. The predicted molar refractivity (Wildman–Crippen MR) is 209 cm³/mol. The van der Waals surface area contributed by atoms with Crippen LogP contribution in [0.15, 0.2) is 193 Å². The van der Waals surface area contributed by atoms with E-state index in [9.17, 15) is 0 Å². The predicted octanol–water partition coefficient (Wildman–Crippen LogP) is 13.9. The third-order valence-electron chi connectivity index (χ3n) is 9.61. The van der Waals surface area contributed by atoms with Gasteiger partial charge in [0.05, 0.1) is 5.69 Å². The Morgan fingerprint density at radius 1 is 0.388 bits per heavy atom. The summed E-state index contributed by atoms with van der Waals surface area (Å²) in [7, 11) is 0. The smallest absolute Gasteiger partial charge is 0.0604 e. The third kappa shape index (κ3) is 5.39. The van der Waals surface area contributed by atoms with Crippen LogP contribution in [0.2, 0.25) is 0 Å². The van der Waals surface area contributed by atoms with Crippen molar-refractivity contribution in [3.63, 3.8) is 0 Å². The van der Waals surface area contributed by atoms with Gasteiger partial charge in [-0.3, -0.25) is 0 Å². The molecule has 236 valence electrons. The van der Waals surface area contributed by atoms with Crippen molar-refractivity contribution in [2.24, 2.45) is 0 Å². The van der Waals surface area contributed by atoms with Gasteiger partial charge >= 0.3 is 0 Å². The monoisotopic (exact) mass is 683 g/mol. The van der Waals surface area contributed by atoms with Crippen molar-refractivity contribution in [2.75, 3.05) is 4.90 Å². The summed E-state index contributed by atoms with van der Waals surface area (Å²) < 4.78 is 0. The Morgan fingerprint density at radius 2 is 0.918 bits per heavy atom. The maximum Gasteiger partial charge on any atom is 0.0604 e. The van der Waals surface area contributed by atoms with E-state index in [4.69, 9.17) is 0 Å². The minimum Gasteiger partial charge on any atom is -0.309 e. The van der Waals surface area contributed by atoms with Crippen LogP contribution in [0.1, 0.15) is 25.0 Å². The van der Waals surface area contributed by atoms with Crippen LogP contribution in [0.4, 0.5) is 17.1 Å². The zero-order valence-electron chi connectivity index (χ0n) is 27.3. The summed E-state index contributed by atoms with van der Waals surface area (Å²) in [4.78, 5) is 10.4. The average Bonchev–Trinajstić information content (AvgIpc) is 3.15. The zero-order chi connectivity index (χ0) is 33.0. The molecule has 0 aliphatic carbocycles. The second-order valence-electron chi connectivity index (χ2n) is 13.0. The molecule has 7 aromatic rings. The molecule has 0 atom stereocenters. The first-order valence-electron chi connectivity index (χ1n) is 16.6. The van der Waals surface area contributed by atoms with Crippen LogP contribution >= 0.6 is 35.3 Å². The first kappa shape index (κ1) is 30.4. The van der Waals surface area contributed by atoms with Gasteiger partial charge in [-0.2, -0.15) is 0 Å². The summed E-state index contributed by atoms with van der Waals surface area (Å²) in [6, 6.07) is 59.9. The van der Waals surface area contributed by atoms with Crippen molar-refractivity contribution in [1.82, 2.24) is 0 Å². The molecule has 0 bridgehead atoms. The second-order valence-corrected chi connectivity index (χ2v) is 16.1. The van der Waals surface area contributed by atoms with Gasteiger partial charge in [0, 0.05) is 46.2 Å². The van der Waals surface area contributed by atoms with Crippen LogP contribution in [0.25, 0.3) is 22.3 Å². The van der Waals surface area contributed by atoms with Gasteiger partial charge in [-0.15, -0.1) is 0 Å². The second kappa shape index (κ2) is 12.4. The molecule has 0 saturated carbocycles. The van der Waals surface area contributed by atoms with Crippen LogP contribution in [0, 0.1) is 0 Å². The molecular weight excluding hydrogens is 651 g/mol. The van der Waals surface area contributed by atoms with Gasteiger partial charge in [0.2, 0.25) is 0 Å². The number of fused-ring (bicyclic) bond motifs is 4. The maximum absolute atomic E-state index is 2.44. The molecule has 2 aliphatic heterocycles. The van der Waals surface area contributed by atoms with Gasteiger partial charge in [-0.1, -0.05) is 158 Å². The van der Waals surface area contributed by atoms with Crippen molar-refractivity contribution in [1.29, 1.82) is 0 Å². The highest BCUT2D eigenvalue weighted by atomic mass is 32.2. The minimum absolute atomic E-state index is 0.111.